The number of pyridine rings is 1. The number of anilines is 1. The van der Waals surface area contributed by atoms with Gasteiger partial charge in [0.25, 0.3) is 5.56 Å². The molecule has 10 nitrogen and oxygen atoms in total. The highest BCUT2D eigenvalue weighted by Gasteiger charge is 2.26. The average molecular weight is 652 g/mol. The fourth-order valence-electron chi connectivity index (χ4n) is 6.19. The molecule has 0 bridgehead atoms. The molecule has 0 atom stereocenters. The Labute approximate surface area is 279 Å². The highest BCUT2D eigenvalue weighted by Crippen LogP contribution is 2.41. The maximum Gasteiger partial charge on any atom is 0.306 e. The molecule has 0 saturated heterocycles. The molecule has 48 heavy (non-hydrogen) atoms. The maximum atomic E-state index is 15.5. The molecule has 0 unspecified atom stereocenters. The predicted molar refractivity (Wildman–Crippen MR) is 183 cm³/mol. The standard InChI is InChI=1S/C37H42FN7O3/c1-3-4-5-6-7-8-9-13-33(46)48-23-29-28(35-41-32(42-37(39)43-35)18-24-21-40-44(2)22-24)11-10-12-31(29)45-17-16-26-19-27(25-14-15-25)20-30(38)34(26)36(45)47/h10-12,16-17,19-22,25H,3-9,13-15,18,23H2,1-2H3,(H2,39,41,42,43). The number of carbonyl (C=O) groups is 1. The van der Waals surface area contributed by atoms with E-state index in [0.29, 0.717) is 46.8 Å². The summed E-state index contributed by atoms with van der Waals surface area (Å²) in [4.78, 5) is 40.3. The lowest BCUT2D eigenvalue weighted by atomic mass is 10.0. The molecule has 3 heterocycles. The predicted octanol–water partition coefficient (Wildman–Crippen LogP) is 6.95. The fourth-order valence-corrected chi connectivity index (χ4v) is 6.19. The van der Waals surface area contributed by atoms with E-state index in [2.05, 4.69) is 22.0 Å². The average Bonchev–Trinajstić information content (AvgIpc) is 3.84. The SMILES string of the molecule is CCCCCCCCCC(=O)OCc1c(-c2nc(N)nc(Cc3cnn(C)c3)n2)cccc1-n1ccc2cc(C3CC3)cc(F)c2c1=O. The number of hydrogen-bond acceptors (Lipinski definition) is 8. The van der Waals surface area contributed by atoms with Crippen LogP contribution in [0, 0.1) is 5.82 Å². The van der Waals surface area contributed by atoms with Gasteiger partial charge in [0, 0.05) is 43.4 Å². The third-order valence-corrected chi connectivity index (χ3v) is 8.86. The second kappa shape index (κ2) is 14.9. The Kier molecular flexibility index (Phi) is 10.2. The van der Waals surface area contributed by atoms with E-state index < -0.39 is 11.4 Å². The number of hydrogen-bond donors (Lipinski definition) is 1. The summed E-state index contributed by atoms with van der Waals surface area (Å²) in [6, 6.07) is 10.4. The lowest BCUT2D eigenvalue weighted by molar-refractivity contribution is -0.145. The lowest BCUT2D eigenvalue weighted by Crippen LogP contribution is -2.21. The smallest absolute Gasteiger partial charge is 0.306 e. The van der Waals surface area contributed by atoms with Crippen molar-refractivity contribution >= 4 is 22.7 Å². The number of unbranched alkanes of at least 4 members (excludes halogenated alkanes) is 6. The molecule has 250 valence electrons. The van der Waals surface area contributed by atoms with Crippen LogP contribution in [0.2, 0.25) is 0 Å². The monoisotopic (exact) mass is 651 g/mol. The van der Waals surface area contributed by atoms with Gasteiger partial charge in [-0.3, -0.25) is 18.8 Å². The number of aromatic nitrogens is 6. The first-order valence-electron chi connectivity index (χ1n) is 16.9. The van der Waals surface area contributed by atoms with Crippen molar-refractivity contribution in [2.24, 2.45) is 7.05 Å². The molecular weight excluding hydrogens is 609 g/mol. The number of rotatable bonds is 15. The summed E-state index contributed by atoms with van der Waals surface area (Å²) in [5, 5.41) is 4.79. The highest BCUT2D eigenvalue weighted by atomic mass is 19.1. The van der Waals surface area contributed by atoms with Gasteiger partial charge in [-0.25, -0.2) is 9.37 Å². The minimum atomic E-state index is -0.544. The number of halogens is 1. The van der Waals surface area contributed by atoms with Crippen LogP contribution in [0.25, 0.3) is 27.8 Å². The van der Waals surface area contributed by atoms with Gasteiger partial charge in [-0.05, 0) is 59.9 Å². The number of benzene rings is 2. The summed E-state index contributed by atoms with van der Waals surface area (Å²) in [5.74, 6) is 0.215. The van der Waals surface area contributed by atoms with Crippen LogP contribution >= 0.6 is 0 Å². The van der Waals surface area contributed by atoms with Crippen molar-refractivity contribution in [1.82, 2.24) is 29.3 Å². The van der Waals surface area contributed by atoms with Crippen molar-refractivity contribution < 1.29 is 13.9 Å². The van der Waals surface area contributed by atoms with Crippen LogP contribution in [0.5, 0.6) is 0 Å². The van der Waals surface area contributed by atoms with Crippen molar-refractivity contribution in [3.63, 3.8) is 0 Å². The lowest BCUT2D eigenvalue weighted by Gasteiger charge is -2.17. The van der Waals surface area contributed by atoms with Gasteiger partial charge >= 0.3 is 5.97 Å². The molecule has 1 aliphatic rings. The zero-order chi connectivity index (χ0) is 33.6. The van der Waals surface area contributed by atoms with E-state index in [4.69, 9.17) is 15.5 Å². The quantitative estimate of drug-likeness (QED) is 0.0951. The molecule has 0 amide bonds. The molecule has 3 aromatic heterocycles. The maximum absolute atomic E-state index is 15.5. The van der Waals surface area contributed by atoms with E-state index in [-0.39, 0.29) is 29.7 Å². The molecule has 1 fully saturated rings. The van der Waals surface area contributed by atoms with Crippen LogP contribution in [-0.2, 0) is 29.6 Å². The van der Waals surface area contributed by atoms with E-state index in [1.54, 1.807) is 41.3 Å². The number of nitrogens with two attached hydrogens (primary N) is 1. The summed E-state index contributed by atoms with van der Waals surface area (Å²) in [5.41, 5.74) is 8.92. The second-order valence-electron chi connectivity index (χ2n) is 12.7. The van der Waals surface area contributed by atoms with Gasteiger partial charge in [-0.1, -0.05) is 63.6 Å². The third kappa shape index (κ3) is 7.78. The molecule has 0 spiro atoms. The van der Waals surface area contributed by atoms with Crippen molar-refractivity contribution in [2.75, 3.05) is 5.73 Å². The molecule has 1 saturated carbocycles. The Morgan fingerprint density at radius 3 is 2.58 bits per heavy atom. The molecule has 11 heteroatoms. The van der Waals surface area contributed by atoms with E-state index >= 15 is 4.39 Å². The number of aryl methyl sites for hydroxylation is 1. The third-order valence-electron chi connectivity index (χ3n) is 8.86. The number of carbonyl (C=O) groups excluding carboxylic acids is 1. The van der Waals surface area contributed by atoms with Gasteiger partial charge in [-0.15, -0.1) is 0 Å². The number of ether oxygens (including phenoxy) is 1. The van der Waals surface area contributed by atoms with Crippen LogP contribution in [-0.4, -0.2) is 35.3 Å². The highest BCUT2D eigenvalue weighted by molar-refractivity contribution is 5.83. The fraction of sp³-hybridized carbons (Fsp3) is 0.405. The van der Waals surface area contributed by atoms with E-state index in [0.717, 1.165) is 43.2 Å². The van der Waals surface area contributed by atoms with Crippen LogP contribution < -0.4 is 11.3 Å². The normalized spacial score (nSPS) is 12.9. The summed E-state index contributed by atoms with van der Waals surface area (Å²) in [6.45, 7) is 2.05. The molecule has 0 aliphatic heterocycles. The van der Waals surface area contributed by atoms with E-state index in [1.165, 1.54) is 36.3 Å². The number of esters is 1. The summed E-state index contributed by atoms with van der Waals surface area (Å²) < 4.78 is 24.4. The van der Waals surface area contributed by atoms with Crippen molar-refractivity contribution in [3.8, 4) is 17.1 Å². The molecule has 2 aromatic carbocycles. The van der Waals surface area contributed by atoms with Gasteiger partial charge < -0.3 is 10.5 Å². The van der Waals surface area contributed by atoms with Gasteiger partial charge in [0.05, 0.1) is 17.3 Å². The van der Waals surface area contributed by atoms with E-state index in [1.807, 2.05) is 19.3 Å². The Bertz CT molecular complexity index is 1980. The molecule has 5 aromatic rings. The molecule has 2 N–H and O–H groups in total. The van der Waals surface area contributed by atoms with Crippen molar-refractivity contribution in [3.05, 3.63) is 93.7 Å². The first kappa shape index (κ1) is 33.0. The van der Waals surface area contributed by atoms with Crippen LogP contribution in [0.15, 0.2) is 59.8 Å². The number of nitrogens with zero attached hydrogens (tertiary/aromatic N) is 6. The molecule has 1 aliphatic carbocycles. The number of fused-ring (bicyclic) bond motifs is 1. The second-order valence-corrected chi connectivity index (χ2v) is 12.7. The van der Waals surface area contributed by atoms with Crippen LogP contribution in [0.1, 0.15) is 99.6 Å². The Morgan fingerprint density at radius 2 is 1.83 bits per heavy atom. The van der Waals surface area contributed by atoms with Crippen LogP contribution in [0.4, 0.5) is 10.3 Å². The summed E-state index contributed by atoms with van der Waals surface area (Å²) in [7, 11) is 1.83. The van der Waals surface area contributed by atoms with Gasteiger partial charge in [0.15, 0.2) is 5.82 Å². The van der Waals surface area contributed by atoms with Gasteiger partial charge in [-0.2, -0.15) is 15.1 Å². The first-order valence-corrected chi connectivity index (χ1v) is 16.9. The summed E-state index contributed by atoms with van der Waals surface area (Å²) >= 11 is 0. The van der Waals surface area contributed by atoms with Crippen LogP contribution in [0.3, 0.4) is 0 Å². The van der Waals surface area contributed by atoms with Gasteiger partial charge in [0.2, 0.25) is 5.95 Å². The van der Waals surface area contributed by atoms with Crippen molar-refractivity contribution in [1.29, 1.82) is 0 Å². The summed E-state index contributed by atoms with van der Waals surface area (Å²) in [6.07, 6.45) is 15.6. The topological polar surface area (TPSA) is 131 Å². The van der Waals surface area contributed by atoms with Crippen molar-refractivity contribution in [2.45, 2.75) is 90.1 Å². The zero-order valence-corrected chi connectivity index (χ0v) is 27.6. The minimum absolute atomic E-state index is 0.0114. The Balaban J connectivity index is 1.34. The number of nitrogen functional groups attached to an aromatic ring is 1. The van der Waals surface area contributed by atoms with E-state index in [9.17, 15) is 9.59 Å². The zero-order valence-electron chi connectivity index (χ0n) is 27.6. The minimum Gasteiger partial charge on any atom is -0.461 e. The largest absolute Gasteiger partial charge is 0.461 e. The molecule has 6 rings (SSSR count). The molecule has 0 radical (unpaired) electrons. The Hall–Kier alpha value is -4.93. The Morgan fingerprint density at radius 1 is 1.04 bits per heavy atom. The first-order chi connectivity index (χ1) is 23.3. The molecular formula is C37H42FN7O3. The van der Waals surface area contributed by atoms with Gasteiger partial charge in [0.1, 0.15) is 18.2 Å².